The highest BCUT2D eigenvalue weighted by Crippen LogP contribution is 2.28. The predicted octanol–water partition coefficient (Wildman–Crippen LogP) is 1.95. The molecule has 4 nitrogen and oxygen atoms in total. The van der Waals surface area contributed by atoms with Crippen LogP contribution in [0.5, 0.6) is 0 Å². The zero-order chi connectivity index (χ0) is 12.1. The smallest absolute Gasteiger partial charge is 0.319 e. The van der Waals surface area contributed by atoms with Crippen LogP contribution in [0.15, 0.2) is 35.2 Å². The van der Waals surface area contributed by atoms with E-state index in [9.17, 15) is 9.59 Å². The molecule has 0 saturated heterocycles. The minimum atomic E-state index is -1.38. The number of hydrogen-bond donors (Lipinski definition) is 2. The molecule has 0 spiro atoms. The minimum absolute atomic E-state index is 0.516. The molecule has 0 aromatic heterocycles. The fourth-order valence-corrected chi connectivity index (χ4v) is 2.40. The summed E-state index contributed by atoms with van der Waals surface area (Å²) in [4.78, 5) is 22.4. The van der Waals surface area contributed by atoms with Crippen molar-refractivity contribution in [3.63, 3.8) is 0 Å². The SMILES string of the molecule is CC(Sc1ccccc1)C(C(=O)O)C(=O)O. The molecule has 16 heavy (non-hydrogen) atoms. The normalized spacial score (nSPS) is 12.4. The molecular weight excluding hydrogens is 228 g/mol. The van der Waals surface area contributed by atoms with Crippen molar-refractivity contribution in [2.45, 2.75) is 17.1 Å². The largest absolute Gasteiger partial charge is 0.481 e. The third-order valence-corrected chi connectivity index (χ3v) is 3.25. The number of thioether (sulfide) groups is 1. The first-order valence-electron chi connectivity index (χ1n) is 4.69. The van der Waals surface area contributed by atoms with Gasteiger partial charge in [0.15, 0.2) is 5.92 Å². The molecule has 86 valence electrons. The molecule has 0 radical (unpaired) electrons. The Morgan fingerprint density at radius 1 is 1.12 bits per heavy atom. The van der Waals surface area contributed by atoms with Gasteiger partial charge in [-0.1, -0.05) is 25.1 Å². The van der Waals surface area contributed by atoms with Gasteiger partial charge < -0.3 is 10.2 Å². The Hall–Kier alpha value is -1.49. The number of benzene rings is 1. The zero-order valence-corrected chi connectivity index (χ0v) is 9.48. The summed E-state index contributed by atoms with van der Waals surface area (Å²) in [5.74, 6) is -3.99. The lowest BCUT2D eigenvalue weighted by Crippen LogP contribution is -2.31. The van der Waals surface area contributed by atoms with E-state index in [0.29, 0.717) is 0 Å². The Labute approximate surface area is 97.3 Å². The van der Waals surface area contributed by atoms with Crippen LogP contribution >= 0.6 is 11.8 Å². The van der Waals surface area contributed by atoms with Crippen molar-refractivity contribution < 1.29 is 19.8 Å². The maximum absolute atomic E-state index is 10.8. The van der Waals surface area contributed by atoms with Gasteiger partial charge in [0, 0.05) is 10.1 Å². The fourth-order valence-electron chi connectivity index (χ4n) is 1.29. The van der Waals surface area contributed by atoms with E-state index in [1.807, 2.05) is 30.3 Å². The molecule has 0 saturated carbocycles. The number of aliphatic carboxylic acids is 2. The van der Waals surface area contributed by atoms with Gasteiger partial charge in [-0.25, -0.2) is 0 Å². The van der Waals surface area contributed by atoms with Crippen LogP contribution in [0.4, 0.5) is 0 Å². The van der Waals surface area contributed by atoms with Crippen LogP contribution in [0.3, 0.4) is 0 Å². The van der Waals surface area contributed by atoms with Gasteiger partial charge in [0.2, 0.25) is 0 Å². The number of carboxylic acids is 2. The van der Waals surface area contributed by atoms with E-state index in [1.54, 1.807) is 6.92 Å². The van der Waals surface area contributed by atoms with Crippen molar-refractivity contribution in [1.29, 1.82) is 0 Å². The topological polar surface area (TPSA) is 74.6 Å². The monoisotopic (exact) mass is 240 g/mol. The molecule has 5 heteroatoms. The predicted molar refractivity (Wildman–Crippen MR) is 60.5 cm³/mol. The molecule has 1 rings (SSSR count). The van der Waals surface area contributed by atoms with Crippen molar-refractivity contribution in [3.8, 4) is 0 Å². The van der Waals surface area contributed by atoms with E-state index in [1.165, 1.54) is 11.8 Å². The first-order valence-corrected chi connectivity index (χ1v) is 5.57. The summed E-state index contributed by atoms with van der Waals surface area (Å²) >= 11 is 1.25. The van der Waals surface area contributed by atoms with Gasteiger partial charge in [-0.3, -0.25) is 9.59 Å². The standard InChI is InChI=1S/C11H12O4S/c1-7(9(10(12)13)11(14)15)16-8-5-3-2-4-6-8/h2-7,9H,1H3,(H,12,13)(H,14,15). The molecule has 0 heterocycles. The second-order valence-electron chi connectivity index (χ2n) is 3.29. The molecule has 0 amide bonds. The Bertz CT molecular complexity index is 363. The highest BCUT2D eigenvalue weighted by molar-refractivity contribution is 8.00. The maximum atomic E-state index is 10.8. The van der Waals surface area contributed by atoms with Crippen molar-refractivity contribution in [2.75, 3.05) is 0 Å². The van der Waals surface area contributed by atoms with Crippen molar-refractivity contribution >= 4 is 23.7 Å². The van der Waals surface area contributed by atoms with Crippen LogP contribution in [0.1, 0.15) is 6.92 Å². The van der Waals surface area contributed by atoms with Crippen LogP contribution < -0.4 is 0 Å². The molecule has 0 aliphatic rings. The van der Waals surface area contributed by atoms with Crippen LogP contribution in [-0.2, 0) is 9.59 Å². The summed E-state index contributed by atoms with van der Waals surface area (Å²) < 4.78 is 0. The fraction of sp³-hybridized carbons (Fsp3) is 0.273. The quantitative estimate of drug-likeness (QED) is 0.607. The van der Waals surface area contributed by atoms with Crippen LogP contribution in [0, 0.1) is 5.92 Å². The van der Waals surface area contributed by atoms with Gasteiger partial charge in [0.05, 0.1) is 0 Å². The molecule has 1 aromatic rings. The van der Waals surface area contributed by atoms with Gasteiger partial charge in [-0.05, 0) is 12.1 Å². The first kappa shape index (κ1) is 12.6. The lowest BCUT2D eigenvalue weighted by molar-refractivity contribution is -0.154. The Morgan fingerprint density at radius 3 is 2.06 bits per heavy atom. The number of hydrogen-bond acceptors (Lipinski definition) is 3. The Balaban J connectivity index is 2.74. The second-order valence-corrected chi connectivity index (χ2v) is 4.74. The summed E-state index contributed by atoms with van der Waals surface area (Å²) in [6.07, 6.45) is 0. The van der Waals surface area contributed by atoms with Crippen molar-refractivity contribution in [3.05, 3.63) is 30.3 Å². The van der Waals surface area contributed by atoms with E-state index >= 15 is 0 Å². The van der Waals surface area contributed by atoms with E-state index in [2.05, 4.69) is 0 Å². The second kappa shape index (κ2) is 5.55. The van der Waals surface area contributed by atoms with E-state index in [0.717, 1.165) is 4.90 Å². The summed E-state index contributed by atoms with van der Waals surface area (Å²) in [6, 6.07) is 9.14. The third-order valence-electron chi connectivity index (χ3n) is 2.07. The van der Waals surface area contributed by atoms with Gasteiger partial charge in [-0.15, -0.1) is 11.8 Å². The number of carboxylic acid groups (broad SMARTS) is 2. The molecule has 2 N–H and O–H groups in total. The van der Waals surface area contributed by atoms with Gasteiger partial charge >= 0.3 is 11.9 Å². The molecule has 1 aromatic carbocycles. The lowest BCUT2D eigenvalue weighted by atomic mass is 10.1. The van der Waals surface area contributed by atoms with Crippen molar-refractivity contribution in [1.82, 2.24) is 0 Å². The summed E-state index contributed by atoms with van der Waals surface area (Å²) in [6.45, 7) is 1.60. The van der Waals surface area contributed by atoms with E-state index in [4.69, 9.17) is 10.2 Å². The Kier molecular flexibility index (Phi) is 4.37. The average Bonchev–Trinajstić information content (AvgIpc) is 2.17. The molecule has 1 atom stereocenters. The average molecular weight is 240 g/mol. The van der Waals surface area contributed by atoms with Crippen LogP contribution in [-0.4, -0.2) is 27.4 Å². The zero-order valence-electron chi connectivity index (χ0n) is 8.66. The summed E-state index contributed by atoms with van der Waals surface area (Å²) in [5, 5.41) is 17.1. The summed E-state index contributed by atoms with van der Waals surface area (Å²) in [7, 11) is 0. The van der Waals surface area contributed by atoms with Crippen molar-refractivity contribution in [2.24, 2.45) is 5.92 Å². The van der Waals surface area contributed by atoms with Gasteiger partial charge in [0.1, 0.15) is 0 Å². The maximum Gasteiger partial charge on any atom is 0.319 e. The van der Waals surface area contributed by atoms with E-state index < -0.39 is 23.1 Å². The van der Waals surface area contributed by atoms with E-state index in [-0.39, 0.29) is 0 Å². The molecule has 0 aliphatic carbocycles. The Morgan fingerprint density at radius 2 is 1.62 bits per heavy atom. The van der Waals surface area contributed by atoms with Gasteiger partial charge in [0.25, 0.3) is 0 Å². The first-order chi connectivity index (χ1) is 7.52. The lowest BCUT2D eigenvalue weighted by Gasteiger charge is -2.15. The number of rotatable bonds is 5. The summed E-state index contributed by atoms with van der Waals surface area (Å²) in [5.41, 5.74) is 0. The molecule has 0 fully saturated rings. The molecule has 1 unspecified atom stereocenters. The highest BCUT2D eigenvalue weighted by atomic mass is 32.2. The van der Waals surface area contributed by atoms with Crippen LogP contribution in [0.2, 0.25) is 0 Å². The molecule has 0 aliphatic heterocycles. The molecular formula is C11H12O4S. The third kappa shape index (κ3) is 3.27. The molecule has 0 bridgehead atoms. The minimum Gasteiger partial charge on any atom is -0.481 e. The van der Waals surface area contributed by atoms with Gasteiger partial charge in [-0.2, -0.15) is 0 Å². The number of carbonyl (C=O) groups is 2. The highest BCUT2D eigenvalue weighted by Gasteiger charge is 2.32. The van der Waals surface area contributed by atoms with Crippen LogP contribution in [0.25, 0.3) is 0 Å².